The van der Waals surface area contributed by atoms with Gasteiger partial charge in [-0.1, -0.05) is 33.6 Å². The average molecular weight is 362 g/mol. The first-order valence-corrected chi connectivity index (χ1v) is 7.95. The SMILES string of the molecule is Cc1c(Br)cccc1NS(=O)(=O)c1cccnc1Cl. The third-order valence-corrected chi connectivity index (χ3v) is 5.20. The van der Waals surface area contributed by atoms with Gasteiger partial charge in [0.15, 0.2) is 0 Å². The minimum absolute atomic E-state index is 0.0453. The Morgan fingerprint density at radius 3 is 2.68 bits per heavy atom. The minimum atomic E-state index is -3.75. The van der Waals surface area contributed by atoms with Crippen LogP contribution in [0.3, 0.4) is 0 Å². The monoisotopic (exact) mass is 360 g/mol. The summed E-state index contributed by atoms with van der Waals surface area (Å²) in [6.07, 6.45) is 1.44. The quantitative estimate of drug-likeness (QED) is 0.850. The van der Waals surface area contributed by atoms with Crippen LogP contribution in [0.15, 0.2) is 45.9 Å². The van der Waals surface area contributed by atoms with Gasteiger partial charge < -0.3 is 0 Å². The molecule has 1 N–H and O–H groups in total. The number of hydrogen-bond acceptors (Lipinski definition) is 3. The Hall–Kier alpha value is -1.11. The Kier molecular flexibility index (Phi) is 4.13. The summed E-state index contributed by atoms with van der Waals surface area (Å²) in [7, 11) is -3.75. The highest BCUT2D eigenvalue weighted by atomic mass is 79.9. The van der Waals surface area contributed by atoms with Gasteiger partial charge in [-0.15, -0.1) is 0 Å². The summed E-state index contributed by atoms with van der Waals surface area (Å²) >= 11 is 9.16. The van der Waals surface area contributed by atoms with E-state index in [9.17, 15) is 8.42 Å². The second-order valence-electron chi connectivity index (χ2n) is 3.81. The predicted octanol–water partition coefficient (Wildman–Crippen LogP) is 3.61. The molecule has 0 fully saturated rings. The van der Waals surface area contributed by atoms with Gasteiger partial charge in [0.1, 0.15) is 10.0 Å². The van der Waals surface area contributed by atoms with Crippen LogP contribution in [-0.4, -0.2) is 13.4 Å². The molecular weight excluding hydrogens is 352 g/mol. The van der Waals surface area contributed by atoms with E-state index in [2.05, 4.69) is 25.6 Å². The molecular formula is C12H10BrClN2O2S. The molecule has 1 heterocycles. The standard InChI is InChI=1S/C12H10BrClN2O2S/c1-8-9(13)4-2-5-10(8)16-19(17,18)11-6-3-7-15-12(11)14/h2-7,16H,1H3. The molecule has 2 aromatic rings. The maximum absolute atomic E-state index is 12.2. The van der Waals surface area contributed by atoms with Crippen LogP contribution in [0.25, 0.3) is 0 Å². The van der Waals surface area contributed by atoms with E-state index in [1.807, 2.05) is 13.0 Å². The van der Waals surface area contributed by atoms with Gasteiger partial charge in [-0.25, -0.2) is 13.4 Å². The Labute approximate surface area is 125 Å². The summed E-state index contributed by atoms with van der Waals surface area (Å²) < 4.78 is 27.8. The number of nitrogens with one attached hydrogen (secondary N) is 1. The van der Waals surface area contributed by atoms with Crippen molar-refractivity contribution in [1.29, 1.82) is 0 Å². The fourth-order valence-corrected chi connectivity index (χ4v) is 3.43. The first-order valence-electron chi connectivity index (χ1n) is 5.30. The molecule has 2 rings (SSSR count). The van der Waals surface area contributed by atoms with Gasteiger partial charge in [0.25, 0.3) is 10.0 Å². The number of pyridine rings is 1. The van der Waals surface area contributed by atoms with Crippen molar-refractivity contribution in [2.75, 3.05) is 4.72 Å². The zero-order chi connectivity index (χ0) is 14.0. The smallest absolute Gasteiger partial charge is 0.264 e. The summed E-state index contributed by atoms with van der Waals surface area (Å²) in [6, 6.07) is 8.20. The maximum Gasteiger partial charge on any atom is 0.264 e. The number of anilines is 1. The van der Waals surface area contributed by atoms with Crippen molar-refractivity contribution in [2.45, 2.75) is 11.8 Å². The molecule has 0 aliphatic heterocycles. The van der Waals surface area contributed by atoms with E-state index >= 15 is 0 Å². The van der Waals surface area contributed by atoms with Crippen LogP contribution in [-0.2, 0) is 10.0 Å². The lowest BCUT2D eigenvalue weighted by Gasteiger charge is -2.11. The highest BCUT2D eigenvalue weighted by Gasteiger charge is 2.19. The summed E-state index contributed by atoms with van der Waals surface area (Å²) in [5.74, 6) is 0. The fraction of sp³-hybridized carbons (Fsp3) is 0.0833. The number of halogens is 2. The molecule has 0 unspecified atom stereocenters. The lowest BCUT2D eigenvalue weighted by Crippen LogP contribution is -2.14. The van der Waals surface area contributed by atoms with Crippen LogP contribution in [0.5, 0.6) is 0 Å². The van der Waals surface area contributed by atoms with Crippen LogP contribution < -0.4 is 4.72 Å². The van der Waals surface area contributed by atoms with Crippen LogP contribution in [0.4, 0.5) is 5.69 Å². The normalized spacial score (nSPS) is 11.3. The van der Waals surface area contributed by atoms with E-state index in [-0.39, 0.29) is 10.0 Å². The van der Waals surface area contributed by atoms with Crippen molar-refractivity contribution >= 4 is 43.2 Å². The van der Waals surface area contributed by atoms with Gasteiger partial charge in [-0.2, -0.15) is 0 Å². The van der Waals surface area contributed by atoms with E-state index < -0.39 is 10.0 Å². The highest BCUT2D eigenvalue weighted by Crippen LogP contribution is 2.27. The average Bonchev–Trinajstić information content (AvgIpc) is 2.35. The van der Waals surface area contributed by atoms with Crippen LogP contribution in [0.2, 0.25) is 5.15 Å². The summed E-state index contributed by atoms with van der Waals surface area (Å²) in [4.78, 5) is 3.72. The third-order valence-electron chi connectivity index (χ3n) is 2.53. The molecule has 0 saturated heterocycles. The molecule has 0 spiro atoms. The molecule has 1 aromatic carbocycles. The Balaban J connectivity index is 2.43. The number of aromatic nitrogens is 1. The molecule has 0 amide bonds. The molecule has 0 atom stereocenters. The Morgan fingerprint density at radius 2 is 2.00 bits per heavy atom. The van der Waals surface area contributed by atoms with Gasteiger partial charge in [0.2, 0.25) is 0 Å². The molecule has 0 aliphatic rings. The first kappa shape index (κ1) is 14.3. The zero-order valence-electron chi connectivity index (χ0n) is 9.89. The van der Waals surface area contributed by atoms with Gasteiger partial charge in [0.05, 0.1) is 5.69 Å². The van der Waals surface area contributed by atoms with E-state index in [4.69, 9.17) is 11.6 Å². The van der Waals surface area contributed by atoms with E-state index in [0.29, 0.717) is 5.69 Å². The molecule has 100 valence electrons. The second kappa shape index (κ2) is 5.48. The molecule has 0 saturated carbocycles. The Morgan fingerprint density at radius 1 is 1.26 bits per heavy atom. The highest BCUT2D eigenvalue weighted by molar-refractivity contribution is 9.10. The van der Waals surface area contributed by atoms with Crippen molar-refractivity contribution in [1.82, 2.24) is 4.98 Å². The van der Waals surface area contributed by atoms with E-state index in [1.54, 1.807) is 12.1 Å². The lowest BCUT2D eigenvalue weighted by molar-refractivity contribution is 0.601. The number of rotatable bonds is 3. The van der Waals surface area contributed by atoms with Gasteiger partial charge in [0, 0.05) is 10.7 Å². The Bertz CT molecular complexity index is 719. The van der Waals surface area contributed by atoms with Crippen molar-refractivity contribution in [3.63, 3.8) is 0 Å². The van der Waals surface area contributed by atoms with Crippen molar-refractivity contribution in [3.8, 4) is 0 Å². The second-order valence-corrected chi connectivity index (χ2v) is 6.67. The fourth-order valence-electron chi connectivity index (χ4n) is 1.49. The molecule has 0 aliphatic carbocycles. The molecule has 7 heteroatoms. The summed E-state index contributed by atoms with van der Waals surface area (Å²) in [6.45, 7) is 1.81. The largest absolute Gasteiger partial charge is 0.279 e. The molecule has 0 bridgehead atoms. The third kappa shape index (κ3) is 3.08. The van der Waals surface area contributed by atoms with Gasteiger partial charge in [-0.3, -0.25) is 4.72 Å². The zero-order valence-corrected chi connectivity index (χ0v) is 13.1. The summed E-state index contributed by atoms with van der Waals surface area (Å²) in [5, 5.41) is -0.0531. The number of nitrogens with zero attached hydrogens (tertiary/aromatic N) is 1. The van der Waals surface area contributed by atoms with Crippen molar-refractivity contribution < 1.29 is 8.42 Å². The van der Waals surface area contributed by atoms with Crippen LogP contribution in [0.1, 0.15) is 5.56 Å². The minimum Gasteiger partial charge on any atom is -0.279 e. The maximum atomic E-state index is 12.2. The number of sulfonamides is 1. The van der Waals surface area contributed by atoms with Crippen LogP contribution in [0, 0.1) is 6.92 Å². The molecule has 4 nitrogen and oxygen atoms in total. The lowest BCUT2D eigenvalue weighted by atomic mass is 10.2. The first-order chi connectivity index (χ1) is 8.92. The molecule has 19 heavy (non-hydrogen) atoms. The van der Waals surface area contributed by atoms with E-state index in [1.165, 1.54) is 18.3 Å². The number of benzene rings is 1. The van der Waals surface area contributed by atoms with Crippen molar-refractivity contribution in [2.24, 2.45) is 0 Å². The van der Waals surface area contributed by atoms with E-state index in [0.717, 1.165) is 10.0 Å². The topological polar surface area (TPSA) is 59.1 Å². The predicted molar refractivity (Wildman–Crippen MR) is 78.9 cm³/mol. The molecule has 0 radical (unpaired) electrons. The van der Waals surface area contributed by atoms with Crippen molar-refractivity contribution in [3.05, 3.63) is 51.7 Å². The number of hydrogen-bond donors (Lipinski definition) is 1. The van der Waals surface area contributed by atoms with Gasteiger partial charge in [-0.05, 0) is 36.8 Å². The van der Waals surface area contributed by atoms with Crippen LogP contribution >= 0.6 is 27.5 Å². The summed E-state index contributed by atoms with van der Waals surface area (Å²) in [5.41, 5.74) is 1.29. The van der Waals surface area contributed by atoms with Gasteiger partial charge >= 0.3 is 0 Å². The molecule has 1 aromatic heterocycles.